The van der Waals surface area contributed by atoms with Crippen LogP contribution in [-0.4, -0.2) is 7.85 Å². The van der Waals surface area contributed by atoms with Crippen LogP contribution in [-0.2, 0) is 0 Å². The van der Waals surface area contributed by atoms with Crippen LogP contribution in [0.3, 0.4) is 0 Å². The molecule has 0 aliphatic rings. The zero-order chi connectivity index (χ0) is 12.4. The van der Waals surface area contributed by atoms with Gasteiger partial charge >= 0.3 is 0 Å². The molecule has 0 aromatic carbocycles. The second-order valence-electron chi connectivity index (χ2n) is 4.29. The van der Waals surface area contributed by atoms with Crippen LogP contribution < -0.4 is 0 Å². The second kappa shape index (κ2) is 10.3. The summed E-state index contributed by atoms with van der Waals surface area (Å²) in [5.74, 6) is -2.48. The zero-order valence-electron chi connectivity index (χ0n) is 9.95. The van der Waals surface area contributed by atoms with Gasteiger partial charge in [-0.25, -0.2) is 8.78 Å². The Labute approximate surface area is 126 Å². The van der Waals surface area contributed by atoms with Gasteiger partial charge in [0.25, 0.3) is 5.92 Å². The smallest absolute Gasteiger partial charge is 0.205 e. The Balaban J connectivity index is 3.27. The number of halogens is 4. The molecule has 0 unspecified atom stereocenters. The van der Waals surface area contributed by atoms with Crippen LogP contribution >= 0.6 is 45.2 Å². The van der Waals surface area contributed by atoms with Crippen molar-refractivity contribution < 1.29 is 8.78 Å². The van der Waals surface area contributed by atoms with Gasteiger partial charge in [-0.2, -0.15) is 0 Å². The van der Waals surface area contributed by atoms with Gasteiger partial charge < -0.3 is 0 Å². The van der Waals surface area contributed by atoms with Crippen molar-refractivity contribution in [3.63, 3.8) is 0 Å². The number of alkyl halides is 4. The van der Waals surface area contributed by atoms with E-state index in [4.69, 9.17) is 0 Å². The van der Waals surface area contributed by atoms with Gasteiger partial charge in [0, 0.05) is 6.42 Å². The predicted molar refractivity (Wildman–Crippen MR) is 84.0 cm³/mol. The molecule has 0 aliphatic heterocycles. The van der Waals surface area contributed by atoms with Gasteiger partial charge in [-0.05, 0) is 6.42 Å². The van der Waals surface area contributed by atoms with Crippen LogP contribution in [0.5, 0.6) is 0 Å². The third-order valence-electron chi connectivity index (χ3n) is 2.68. The van der Waals surface area contributed by atoms with Crippen molar-refractivity contribution in [3.8, 4) is 0 Å². The Morgan fingerprint density at radius 1 is 0.875 bits per heavy atom. The van der Waals surface area contributed by atoms with E-state index in [1.54, 1.807) is 45.2 Å². The van der Waals surface area contributed by atoms with Crippen LogP contribution in [0.4, 0.5) is 8.78 Å². The fraction of sp³-hybridized carbons (Fsp3) is 1.00. The monoisotopic (exact) mass is 458 g/mol. The maximum atomic E-state index is 13.2. The fourth-order valence-corrected chi connectivity index (χ4v) is 2.23. The summed E-state index contributed by atoms with van der Waals surface area (Å²) in [5, 5.41) is 0. The molecule has 0 rings (SSSR count). The first-order chi connectivity index (χ1) is 7.50. The van der Waals surface area contributed by atoms with E-state index in [9.17, 15) is 8.78 Å². The average Bonchev–Trinajstić information content (AvgIpc) is 2.21. The van der Waals surface area contributed by atoms with Crippen molar-refractivity contribution in [1.82, 2.24) is 0 Å². The summed E-state index contributed by atoms with van der Waals surface area (Å²) in [7, 11) is 0. The molecule has 0 fully saturated rings. The third kappa shape index (κ3) is 9.36. The molecule has 0 radical (unpaired) electrons. The summed E-state index contributed by atoms with van der Waals surface area (Å²) >= 11 is 3.61. The first kappa shape index (κ1) is 17.3. The second-order valence-corrected chi connectivity index (χ2v) is 9.16. The Hall–Kier alpha value is 1.32. The number of rotatable bonds is 10. The number of unbranched alkanes of at least 4 members (excludes halogenated alkanes) is 7. The molecule has 0 saturated carbocycles. The first-order valence-electron chi connectivity index (χ1n) is 6.16. The molecule has 0 amide bonds. The minimum absolute atomic E-state index is 0.0541. The summed E-state index contributed by atoms with van der Waals surface area (Å²) < 4.78 is 25.8. The van der Waals surface area contributed by atoms with Gasteiger partial charge in [-0.3, -0.25) is 0 Å². The quantitative estimate of drug-likeness (QED) is 0.204. The summed E-state index contributed by atoms with van der Waals surface area (Å²) in [6.07, 6.45) is 9.16. The molecular weight excluding hydrogens is 436 g/mol. The maximum Gasteiger partial charge on any atom is 0.268 e. The molecule has 0 nitrogen and oxygen atoms in total. The topological polar surface area (TPSA) is 0 Å². The number of hydrogen-bond donors (Lipinski definition) is 0. The highest BCUT2D eigenvalue weighted by molar-refractivity contribution is 14.2. The van der Waals surface area contributed by atoms with Gasteiger partial charge in [0.05, 0.1) is 0 Å². The Morgan fingerprint density at radius 2 is 1.31 bits per heavy atom. The van der Waals surface area contributed by atoms with Crippen molar-refractivity contribution in [2.75, 3.05) is 0 Å². The third-order valence-corrected chi connectivity index (χ3v) is 4.51. The molecule has 4 heteroatoms. The minimum atomic E-state index is -2.48. The lowest BCUT2D eigenvalue weighted by Crippen LogP contribution is -2.23. The lowest BCUT2D eigenvalue weighted by Gasteiger charge is -2.17. The standard InChI is InChI=1S/C12H22F2I2/c1-2-3-4-5-6-7-8-9-10-12(13,14)11(15)16/h11H,2-10H2,1H3. The van der Waals surface area contributed by atoms with E-state index < -0.39 is 7.85 Å². The summed E-state index contributed by atoms with van der Waals surface area (Å²) in [6.45, 7) is 2.20. The molecular formula is C12H22F2I2. The van der Waals surface area contributed by atoms with E-state index in [1.165, 1.54) is 32.1 Å². The molecule has 98 valence electrons. The van der Waals surface area contributed by atoms with E-state index in [2.05, 4.69) is 6.92 Å². The van der Waals surface area contributed by atoms with Gasteiger partial charge in [-0.15, -0.1) is 0 Å². The molecule has 0 atom stereocenters. The van der Waals surface area contributed by atoms with Gasteiger partial charge in [0.2, 0.25) is 0 Å². The highest BCUT2D eigenvalue weighted by atomic mass is 127. The van der Waals surface area contributed by atoms with Gasteiger partial charge in [0.1, 0.15) is 1.93 Å². The molecule has 0 aromatic rings. The molecule has 0 spiro atoms. The summed E-state index contributed by atoms with van der Waals surface area (Å²) in [6, 6.07) is 0. The zero-order valence-corrected chi connectivity index (χ0v) is 14.3. The highest BCUT2D eigenvalue weighted by Crippen LogP contribution is 2.35. The first-order valence-corrected chi connectivity index (χ1v) is 8.65. The lowest BCUT2D eigenvalue weighted by atomic mass is 10.1. The number of hydrogen-bond acceptors (Lipinski definition) is 0. The normalized spacial score (nSPS) is 12.4. The van der Waals surface area contributed by atoms with Crippen molar-refractivity contribution in [1.29, 1.82) is 0 Å². The van der Waals surface area contributed by atoms with Crippen molar-refractivity contribution >= 4 is 45.2 Å². The molecule has 16 heavy (non-hydrogen) atoms. The maximum absolute atomic E-state index is 13.2. The molecule has 0 aromatic heterocycles. The summed E-state index contributed by atoms with van der Waals surface area (Å²) in [4.78, 5) is 0. The summed E-state index contributed by atoms with van der Waals surface area (Å²) in [5.41, 5.74) is 0. The van der Waals surface area contributed by atoms with E-state index in [1.807, 2.05) is 0 Å². The van der Waals surface area contributed by atoms with Crippen LogP contribution in [0.2, 0.25) is 0 Å². The van der Waals surface area contributed by atoms with Crippen LogP contribution in [0.25, 0.3) is 0 Å². The largest absolute Gasteiger partial charge is 0.268 e. The van der Waals surface area contributed by atoms with E-state index in [0.29, 0.717) is 6.42 Å². The van der Waals surface area contributed by atoms with Crippen LogP contribution in [0.15, 0.2) is 0 Å². The van der Waals surface area contributed by atoms with Crippen molar-refractivity contribution in [2.45, 2.75) is 72.6 Å². The Kier molecular flexibility index (Phi) is 11.1. The fourth-order valence-electron chi connectivity index (χ4n) is 1.60. The van der Waals surface area contributed by atoms with Crippen molar-refractivity contribution in [2.24, 2.45) is 0 Å². The minimum Gasteiger partial charge on any atom is -0.205 e. The SMILES string of the molecule is CCCCCCCCCCC(F)(F)C(I)I. The van der Waals surface area contributed by atoms with Crippen molar-refractivity contribution in [3.05, 3.63) is 0 Å². The predicted octanol–water partition coefficient (Wildman–Crippen LogP) is 6.35. The van der Waals surface area contributed by atoms with Gasteiger partial charge in [-0.1, -0.05) is 97.1 Å². The highest BCUT2D eigenvalue weighted by Gasteiger charge is 2.34. The Morgan fingerprint density at radius 3 is 1.75 bits per heavy atom. The van der Waals surface area contributed by atoms with E-state index >= 15 is 0 Å². The van der Waals surface area contributed by atoms with E-state index in [0.717, 1.165) is 12.8 Å². The van der Waals surface area contributed by atoms with Crippen LogP contribution in [0, 0.1) is 0 Å². The van der Waals surface area contributed by atoms with Gasteiger partial charge in [0.15, 0.2) is 0 Å². The average molecular weight is 458 g/mol. The molecule has 0 N–H and O–H groups in total. The molecule has 0 aliphatic carbocycles. The molecule has 0 saturated heterocycles. The lowest BCUT2D eigenvalue weighted by molar-refractivity contribution is 0.0145. The van der Waals surface area contributed by atoms with Crippen LogP contribution in [0.1, 0.15) is 64.7 Å². The molecule has 0 heterocycles. The molecule has 0 bridgehead atoms. The van der Waals surface area contributed by atoms with E-state index in [-0.39, 0.29) is 6.42 Å². The Bertz CT molecular complexity index is 161.